The van der Waals surface area contributed by atoms with Gasteiger partial charge in [-0.05, 0) is 19.2 Å². The van der Waals surface area contributed by atoms with Crippen molar-refractivity contribution in [3.05, 3.63) is 30.3 Å². The van der Waals surface area contributed by atoms with E-state index < -0.39 is 0 Å². The number of nitrogens with two attached hydrogens (primary N) is 1. The second kappa shape index (κ2) is 4.34. The Bertz CT molecular complexity index is 289. The smallest absolute Gasteiger partial charge is 0.0385 e. The van der Waals surface area contributed by atoms with Gasteiger partial charge in [-0.15, -0.1) is 11.8 Å². The molecule has 0 amide bonds. The molecule has 1 heterocycles. The van der Waals surface area contributed by atoms with Gasteiger partial charge in [0.2, 0.25) is 0 Å². The van der Waals surface area contributed by atoms with Crippen LogP contribution in [0.4, 0.5) is 0 Å². The normalized spacial score (nSPS) is 28.1. The van der Waals surface area contributed by atoms with E-state index >= 15 is 0 Å². The van der Waals surface area contributed by atoms with Gasteiger partial charge in [-0.25, -0.2) is 0 Å². The van der Waals surface area contributed by atoms with Crippen LogP contribution in [0.15, 0.2) is 35.2 Å². The van der Waals surface area contributed by atoms with Gasteiger partial charge in [0.15, 0.2) is 0 Å². The monoisotopic (exact) mass is 208 g/mol. The van der Waals surface area contributed by atoms with E-state index in [0.717, 1.165) is 13.1 Å². The Kier molecular flexibility index (Phi) is 3.11. The molecule has 1 aromatic carbocycles. The molecule has 1 aliphatic rings. The highest BCUT2D eigenvalue weighted by Crippen LogP contribution is 2.28. The van der Waals surface area contributed by atoms with Crippen molar-refractivity contribution in [1.29, 1.82) is 0 Å². The number of hydrogen-bond donors (Lipinski definition) is 1. The van der Waals surface area contributed by atoms with E-state index in [1.165, 1.54) is 4.90 Å². The van der Waals surface area contributed by atoms with E-state index in [2.05, 4.69) is 36.2 Å². The summed E-state index contributed by atoms with van der Waals surface area (Å²) in [5.41, 5.74) is 6.05. The van der Waals surface area contributed by atoms with Crippen molar-refractivity contribution < 1.29 is 0 Å². The van der Waals surface area contributed by atoms with Crippen LogP contribution in [0.25, 0.3) is 0 Å². The maximum absolute atomic E-state index is 6.05. The van der Waals surface area contributed by atoms with Crippen molar-refractivity contribution in [1.82, 2.24) is 4.90 Å². The number of likely N-dealkylation sites (tertiary alicyclic amines) is 1. The predicted molar refractivity (Wildman–Crippen MR) is 61.6 cm³/mol. The molecule has 0 spiro atoms. The van der Waals surface area contributed by atoms with Gasteiger partial charge in [0.25, 0.3) is 0 Å². The van der Waals surface area contributed by atoms with Gasteiger partial charge in [-0.3, -0.25) is 0 Å². The van der Waals surface area contributed by atoms with Crippen LogP contribution in [0.5, 0.6) is 0 Å². The zero-order chi connectivity index (χ0) is 9.97. The Morgan fingerprint density at radius 3 is 2.57 bits per heavy atom. The summed E-state index contributed by atoms with van der Waals surface area (Å²) in [6.07, 6.45) is 0. The molecule has 2 N–H and O–H groups in total. The largest absolute Gasteiger partial charge is 0.326 e. The molecular formula is C11H16N2S. The summed E-state index contributed by atoms with van der Waals surface area (Å²) in [4.78, 5) is 3.62. The van der Waals surface area contributed by atoms with E-state index in [4.69, 9.17) is 5.73 Å². The SMILES string of the molecule is CN1CC(N)C(Sc2ccccc2)C1. The van der Waals surface area contributed by atoms with E-state index in [1.807, 2.05) is 17.8 Å². The molecule has 3 heteroatoms. The average molecular weight is 208 g/mol. The molecule has 0 aliphatic carbocycles. The molecular weight excluding hydrogens is 192 g/mol. The lowest BCUT2D eigenvalue weighted by Crippen LogP contribution is -2.30. The van der Waals surface area contributed by atoms with Crippen molar-refractivity contribution in [2.24, 2.45) is 5.73 Å². The standard InChI is InChI=1S/C11H16N2S/c1-13-7-10(12)11(8-13)14-9-5-3-2-4-6-9/h2-6,10-11H,7-8,12H2,1H3. The fourth-order valence-corrected chi connectivity index (χ4v) is 3.05. The molecule has 1 aliphatic heterocycles. The molecule has 0 saturated carbocycles. The average Bonchev–Trinajstić information content (AvgIpc) is 2.47. The Balaban J connectivity index is 1.98. The number of thioether (sulfide) groups is 1. The molecule has 14 heavy (non-hydrogen) atoms. The van der Waals surface area contributed by atoms with Crippen LogP contribution >= 0.6 is 11.8 Å². The zero-order valence-corrected chi connectivity index (χ0v) is 9.20. The van der Waals surface area contributed by atoms with E-state index in [1.54, 1.807) is 0 Å². The molecule has 2 atom stereocenters. The summed E-state index contributed by atoms with van der Waals surface area (Å²) in [6.45, 7) is 2.12. The van der Waals surface area contributed by atoms with Gasteiger partial charge in [-0.1, -0.05) is 18.2 Å². The first-order valence-electron chi connectivity index (χ1n) is 4.91. The van der Waals surface area contributed by atoms with Crippen LogP contribution in [0, 0.1) is 0 Å². The number of nitrogens with zero attached hydrogens (tertiary/aromatic N) is 1. The van der Waals surface area contributed by atoms with Gasteiger partial charge >= 0.3 is 0 Å². The van der Waals surface area contributed by atoms with Gasteiger partial charge < -0.3 is 10.6 Å². The maximum Gasteiger partial charge on any atom is 0.0385 e. The topological polar surface area (TPSA) is 29.3 Å². The quantitative estimate of drug-likeness (QED) is 0.797. The van der Waals surface area contributed by atoms with Crippen LogP contribution < -0.4 is 5.73 Å². The first-order chi connectivity index (χ1) is 6.75. The third-order valence-corrected chi connectivity index (χ3v) is 3.87. The minimum atomic E-state index is 0.310. The van der Waals surface area contributed by atoms with E-state index in [-0.39, 0.29) is 0 Å². The number of benzene rings is 1. The van der Waals surface area contributed by atoms with Crippen LogP contribution in [0.1, 0.15) is 0 Å². The number of likely N-dealkylation sites (N-methyl/N-ethyl adjacent to an activating group) is 1. The molecule has 76 valence electrons. The summed E-state index contributed by atoms with van der Waals surface area (Å²) in [5, 5.41) is 0.544. The van der Waals surface area contributed by atoms with Crippen LogP contribution in [-0.2, 0) is 0 Å². The van der Waals surface area contributed by atoms with Gasteiger partial charge in [0, 0.05) is 29.3 Å². The van der Waals surface area contributed by atoms with Crippen molar-refractivity contribution >= 4 is 11.8 Å². The molecule has 1 saturated heterocycles. The molecule has 2 nitrogen and oxygen atoms in total. The second-order valence-corrected chi connectivity index (χ2v) is 5.17. The third-order valence-electron chi connectivity index (χ3n) is 2.52. The fourth-order valence-electron chi connectivity index (χ4n) is 1.79. The molecule has 2 rings (SSSR count). The number of hydrogen-bond acceptors (Lipinski definition) is 3. The predicted octanol–water partition coefficient (Wildman–Crippen LogP) is 1.42. The Labute approximate surface area is 89.5 Å². The van der Waals surface area contributed by atoms with Crippen molar-refractivity contribution in [3.8, 4) is 0 Å². The molecule has 1 fully saturated rings. The highest BCUT2D eigenvalue weighted by molar-refractivity contribution is 8.00. The van der Waals surface area contributed by atoms with Crippen molar-refractivity contribution in [2.75, 3.05) is 20.1 Å². The molecule has 0 aromatic heterocycles. The maximum atomic E-state index is 6.05. The summed E-state index contributed by atoms with van der Waals surface area (Å²) in [5.74, 6) is 0. The molecule has 0 bridgehead atoms. The Morgan fingerprint density at radius 1 is 1.29 bits per heavy atom. The highest BCUT2D eigenvalue weighted by Gasteiger charge is 2.28. The van der Waals surface area contributed by atoms with E-state index in [0.29, 0.717) is 11.3 Å². The minimum Gasteiger partial charge on any atom is -0.326 e. The summed E-state index contributed by atoms with van der Waals surface area (Å²) >= 11 is 1.90. The van der Waals surface area contributed by atoms with Gasteiger partial charge in [-0.2, -0.15) is 0 Å². The molecule has 2 unspecified atom stereocenters. The van der Waals surface area contributed by atoms with E-state index in [9.17, 15) is 0 Å². The van der Waals surface area contributed by atoms with Gasteiger partial charge in [0.1, 0.15) is 0 Å². The van der Waals surface area contributed by atoms with Crippen LogP contribution in [0.2, 0.25) is 0 Å². The third kappa shape index (κ3) is 2.29. The van der Waals surface area contributed by atoms with Crippen molar-refractivity contribution in [2.45, 2.75) is 16.2 Å². The number of rotatable bonds is 2. The fraction of sp³-hybridized carbons (Fsp3) is 0.455. The van der Waals surface area contributed by atoms with Crippen LogP contribution in [-0.4, -0.2) is 36.3 Å². The highest BCUT2D eigenvalue weighted by atomic mass is 32.2. The lowest BCUT2D eigenvalue weighted by atomic mass is 10.3. The first-order valence-corrected chi connectivity index (χ1v) is 5.79. The summed E-state index contributed by atoms with van der Waals surface area (Å²) < 4.78 is 0. The summed E-state index contributed by atoms with van der Waals surface area (Å²) in [7, 11) is 2.13. The molecule has 0 radical (unpaired) electrons. The lowest BCUT2D eigenvalue weighted by molar-refractivity contribution is 0.412. The lowest BCUT2D eigenvalue weighted by Gasteiger charge is -2.13. The minimum absolute atomic E-state index is 0.310. The Morgan fingerprint density at radius 2 is 2.00 bits per heavy atom. The second-order valence-electron chi connectivity index (χ2n) is 3.85. The van der Waals surface area contributed by atoms with Crippen molar-refractivity contribution in [3.63, 3.8) is 0 Å². The summed E-state index contributed by atoms with van der Waals surface area (Å²) in [6, 6.07) is 10.8. The zero-order valence-electron chi connectivity index (χ0n) is 8.39. The Hall–Kier alpha value is -0.510. The van der Waals surface area contributed by atoms with Crippen LogP contribution in [0.3, 0.4) is 0 Å². The van der Waals surface area contributed by atoms with Gasteiger partial charge in [0.05, 0.1) is 0 Å². The first kappa shape index (κ1) is 10.0. The molecule has 1 aromatic rings.